The molecule has 3 heteroatoms. The maximum atomic E-state index is 10.2. The first-order chi connectivity index (χ1) is 10.2. The average molecular weight is 285 g/mol. The summed E-state index contributed by atoms with van der Waals surface area (Å²) in [5, 5.41) is 13.5. The normalized spacial score (nSPS) is 12.1. The molecular weight excluding hydrogens is 262 g/mol. The molecule has 0 amide bonds. The molecule has 21 heavy (non-hydrogen) atoms. The number of aryl methyl sites for hydroxylation is 1. The minimum atomic E-state index is -0.486. The SMILES string of the molecule is CCOc1cccc(CNCC(O)c2cccc(C)c2)c1. The molecule has 0 aliphatic heterocycles. The second kappa shape index (κ2) is 7.81. The summed E-state index contributed by atoms with van der Waals surface area (Å²) < 4.78 is 5.48. The van der Waals surface area contributed by atoms with Crippen molar-refractivity contribution in [1.82, 2.24) is 5.32 Å². The standard InChI is InChI=1S/C18H23NO2/c1-3-21-17-9-5-7-15(11-17)12-19-13-18(20)16-8-4-6-14(2)10-16/h4-11,18-20H,3,12-13H2,1-2H3. The van der Waals surface area contributed by atoms with Crippen LogP contribution in [0.25, 0.3) is 0 Å². The van der Waals surface area contributed by atoms with E-state index in [0.29, 0.717) is 19.7 Å². The topological polar surface area (TPSA) is 41.5 Å². The summed E-state index contributed by atoms with van der Waals surface area (Å²) in [6.07, 6.45) is -0.486. The molecule has 0 aliphatic carbocycles. The van der Waals surface area contributed by atoms with Gasteiger partial charge in [0.05, 0.1) is 12.7 Å². The Labute approximate surface area is 126 Å². The summed E-state index contributed by atoms with van der Waals surface area (Å²) in [7, 11) is 0. The van der Waals surface area contributed by atoms with Crippen LogP contribution in [-0.4, -0.2) is 18.3 Å². The fourth-order valence-corrected chi connectivity index (χ4v) is 2.26. The van der Waals surface area contributed by atoms with Crippen LogP contribution in [0.5, 0.6) is 5.75 Å². The van der Waals surface area contributed by atoms with E-state index in [-0.39, 0.29) is 0 Å². The highest BCUT2D eigenvalue weighted by Gasteiger charge is 2.07. The second-order valence-electron chi connectivity index (χ2n) is 5.14. The Morgan fingerprint density at radius 1 is 1.14 bits per heavy atom. The Morgan fingerprint density at radius 2 is 1.95 bits per heavy atom. The van der Waals surface area contributed by atoms with Crippen LogP contribution in [-0.2, 0) is 6.54 Å². The minimum Gasteiger partial charge on any atom is -0.494 e. The van der Waals surface area contributed by atoms with Crippen molar-refractivity contribution in [3.05, 3.63) is 65.2 Å². The van der Waals surface area contributed by atoms with Crippen LogP contribution < -0.4 is 10.1 Å². The highest BCUT2D eigenvalue weighted by Crippen LogP contribution is 2.15. The largest absolute Gasteiger partial charge is 0.494 e. The number of hydrogen-bond donors (Lipinski definition) is 2. The third-order valence-corrected chi connectivity index (χ3v) is 3.30. The van der Waals surface area contributed by atoms with Gasteiger partial charge in [0.1, 0.15) is 5.75 Å². The highest BCUT2D eigenvalue weighted by molar-refractivity contribution is 5.28. The van der Waals surface area contributed by atoms with Gasteiger partial charge in [0.15, 0.2) is 0 Å². The number of aliphatic hydroxyl groups excluding tert-OH is 1. The van der Waals surface area contributed by atoms with Gasteiger partial charge in [-0.2, -0.15) is 0 Å². The van der Waals surface area contributed by atoms with Crippen LogP contribution in [0.3, 0.4) is 0 Å². The lowest BCUT2D eigenvalue weighted by molar-refractivity contribution is 0.174. The molecule has 2 N–H and O–H groups in total. The lowest BCUT2D eigenvalue weighted by atomic mass is 10.1. The fraction of sp³-hybridized carbons (Fsp3) is 0.333. The smallest absolute Gasteiger partial charge is 0.119 e. The van der Waals surface area contributed by atoms with Crippen molar-refractivity contribution >= 4 is 0 Å². The lowest BCUT2D eigenvalue weighted by Crippen LogP contribution is -2.21. The summed E-state index contributed by atoms with van der Waals surface area (Å²) in [4.78, 5) is 0. The summed E-state index contributed by atoms with van der Waals surface area (Å²) in [5.41, 5.74) is 3.26. The van der Waals surface area contributed by atoms with Gasteiger partial charge < -0.3 is 15.2 Å². The fourth-order valence-electron chi connectivity index (χ4n) is 2.26. The van der Waals surface area contributed by atoms with E-state index < -0.39 is 6.10 Å². The van der Waals surface area contributed by atoms with Gasteiger partial charge in [-0.15, -0.1) is 0 Å². The zero-order valence-electron chi connectivity index (χ0n) is 12.7. The zero-order chi connectivity index (χ0) is 15.1. The van der Waals surface area contributed by atoms with E-state index in [1.807, 2.05) is 56.3 Å². The first kappa shape index (κ1) is 15.5. The average Bonchev–Trinajstić information content (AvgIpc) is 2.48. The van der Waals surface area contributed by atoms with E-state index in [0.717, 1.165) is 22.4 Å². The number of aliphatic hydroxyl groups is 1. The maximum absolute atomic E-state index is 10.2. The first-order valence-electron chi connectivity index (χ1n) is 7.36. The number of nitrogens with one attached hydrogen (secondary N) is 1. The van der Waals surface area contributed by atoms with Crippen LogP contribution in [0, 0.1) is 6.92 Å². The van der Waals surface area contributed by atoms with Crippen molar-refractivity contribution in [3.8, 4) is 5.75 Å². The van der Waals surface area contributed by atoms with Gasteiger partial charge in [0.2, 0.25) is 0 Å². The van der Waals surface area contributed by atoms with E-state index in [1.165, 1.54) is 0 Å². The van der Waals surface area contributed by atoms with Crippen LogP contribution in [0.1, 0.15) is 29.7 Å². The van der Waals surface area contributed by atoms with Crippen molar-refractivity contribution in [2.45, 2.75) is 26.5 Å². The Kier molecular flexibility index (Phi) is 5.78. The second-order valence-corrected chi connectivity index (χ2v) is 5.14. The lowest BCUT2D eigenvalue weighted by Gasteiger charge is -2.13. The van der Waals surface area contributed by atoms with Gasteiger partial charge in [-0.05, 0) is 37.1 Å². The minimum absolute atomic E-state index is 0.486. The molecule has 1 unspecified atom stereocenters. The van der Waals surface area contributed by atoms with Gasteiger partial charge in [-0.25, -0.2) is 0 Å². The van der Waals surface area contributed by atoms with Crippen molar-refractivity contribution in [2.75, 3.05) is 13.2 Å². The van der Waals surface area contributed by atoms with E-state index in [9.17, 15) is 5.11 Å². The number of rotatable bonds is 7. The maximum Gasteiger partial charge on any atom is 0.119 e. The third-order valence-electron chi connectivity index (χ3n) is 3.30. The monoisotopic (exact) mass is 285 g/mol. The van der Waals surface area contributed by atoms with E-state index in [4.69, 9.17) is 4.74 Å². The van der Waals surface area contributed by atoms with Crippen molar-refractivity contribution in [3.63, 3.8) is 0 Å². The van der Waals surface area contributed by atoms with Crippen molar-refractivity contribution in [1.29, 1.82) is 0 Å². The summed E-state index contributed by atoms with van der Waals surface area (Å²) in [5.74, 6) is 0.885. The van der Waals surface area contributed by atoms with Crippen LogP contribution in [0.2, 0.25) is 0 Å². The molecule has 0 saturated carbocycles. The first-order valence-corrected chi connectivity index (χ1v) is 7.36. The molecule has 3 nitrogen and oxygen atoms in total. The predicted octanol–water partition coefficient (Wildman–Crippen LogP) is 3.22. The molecule has 0 aliphatic rings. The van der Waals surface area contributed by atoms with E-state index >= 15 is 0 Å². The molecule has 2 aromatic rings. The van der Waals surface area contributed by atoms with Crippen molar-refractivity contribution < 1.29 is 9.84 Å². The number of ether oxygens (including phenoxy) is 1. The van der Waals surface area contributed by atoms with Gasteiger partial charge in [-0.1, -0.05) is 42.0 Å². The summed E-state index contributed by atoms with van der Waals surface area (Å²) in [6.45, 7) is 5.92. The molecule has 0 radical (unpaired) electrons. The molecule has 1 atom stereocenters. The van der Waals surface area contributed by atoms with Gasteiger partial charge in [-0.3, -0.25) is 0 Å². The molecule has 0 aromatic heterocycles. The molecule has 2 rings (SSSR count). The molecule has 0 fully saturated rings. The number of hydrogen-bond acceptors (Lipinski definition) is 3. The summed E-state index contributed by atoms with van der Waals surface area (Å²) >= 11 is 0. The highest BCUT2D eigenvalue weighted by atomic mass is 16.5. The third kappa shape index (κ3) is 4.88. The molecule has 0 bridgehead atoms. The summed E-state index contributed by atoms with van der Waals surface area (Å²) in [6, 6.07) is 16.0. The van der Waals surface area contributed by atoms with Gasteiger partial charge in [0, 0.05) is 13.1 Å². The molecular formula is C18H23NO2. The quantitative estimate of drug-likeness (QED) is 0.820. The molecule has 0 saturated heterocycles. The van der Waals surface area contributed by atoms with Gasteiger partial charge >= 0.3 is 0 Å². The van der Waals surface area contributed by atoms with Crippen LogP contribution in [0.15, 0.2) is 48.5 Å². The van der Waals surface area contributed by atoms with E-state index in [2.05, 4.69) is 11.4 Å². The molecule has 2 aromatic carbocycles. The van der Waals surface area contributed by atoms with Crippen LogP contribution >= 0.6 is 0 Å². The molecule has 0 heterocycles. The number of benzene rings is 2. The van der Waals surface area contributed by atoms with E-state index in [1.54, 1.807) is 0 Å². The predicted molar refractivity (Wildman–Crippen MR) is 85.5 cm³/mol. The van der Waals surface area contributed by atoms with Gasteiger partial charge in [0.25, 0.3) is 0 Å². The Bertz CT molecular complexity index is 569. The molecule has 0 spiro atoms. The Morgan fingerprint density at radius 3 is 2.71 bits per heavy atom. The van der Waals surface area contributed by atoms with Crippen LogP contribution in [0.4, 0.5) is 0 Å². The Hall–Kier alpha value is -1.84. The molecule has 112 valence electrons. The zero-order valence-corrected chi connectivity index (χ0v) is 12.7. The van der Waals surface area contributed by atoms with Crippen molar-refractivity contribution in [2.24, 2.45) is 0 Å². The Balaban J connectivity index is 1.85.